The number of benzene rings is 2. The predicted octanol–water partition coefficient (Wildman–Crippen LogP) is 2.93. The fraction of sp³-hybridized carbons (Fsp3) is 0.143. The summed E-state index contributed by atoms with van der Waals surface area (Å²) in [6, 6.07) is 20.7. The van der Waals surface area contributed by atoms with Gasteiger partial charge in [-0.1, -0.05) is 71.8 Å². The molecule has 3 heteroatoms. The number of hydrogen-bond acceptors (Lipinski definition) is 0. The summed E-state index contributed by atoms with van der Waals surface area (Å²) in [5.74, 6) is 0. The summed E-state index contributed by atoms with van der Waals surface area (Å²) < 4.78 is 0. The van der Waals surface area contributed by atoms with Crippen LogP contribution < -0.4 is 0 Å². The van der Waals surface area contributed by atoms with Crippen molar-refractivity contribution >= 4 is 0 Å². The van der Waals surface area contributed by atoms with E-state index in [9.17, 15) is 0 Å². The van der Waals surface area contributed by atoms with Gasteiger partial charge < -0.3 is 10.8 Å². The largest absolute Gasteiger partial charge is 0.655 e. The van der Waals surface area contributed by atoms with Crippen molar-refractivity contribution in [3.63, 3.8) is 0 Å². The molecule has 0 atom stereocenters. The molecule has 87 valence electrons. The Morgan fingerprint density at radius 2 is 1.00 bits per heavy atom. The van der Waals surface area contributed by atoms with Gasteiger partial charge in [-0.15, -0.1) is 13.1 Å². The van der Waals surface area contributed by atoms with Gasteiger partial charge in [-0.25, -0.2) is 0 Å². The normalized spacial score (nSPS) is 8.94. The summed E-state index contributed by atoms with van der Waals surface area (Å²) in [4.78, 5) is 0. The van der Waals surface area contributed by atoms with E-state index in [0.29, 0.717) is 0 Å². The van der Waals surface area contributed by atoms with E-state index in [1.807, 2.05) is 36.4 Å². The molecule has 0 saturated heterocycles. The number of hydrogen-bond donors (Lipinski definition) is 0. The Labute approximate surface area is 128 Å². The Bertz CT molecular complexity index is 352. The summed E-state index contributed by atoms with van der Waals surface area (Å²) in [6.45, 7) is 1.60. The summed E-state index contributed by atoms with van der Waals surface area (Å²) in [6.07, 6.45) is 0. The van der Waals surface area contributed by atoms with Gasteiger partial charge in [0, 0.05) is 32.7 Å². The van der Waals surface area contributed by atoms with Gasteiger partial charge in [0.05, 0.1) is 0 Å². The molecule has 0 heterocycles. The van der Waals surface area contributed by atoms with Crippen LogP contribution in [-0.4, -0.2) is 5.48 Å². The van der Waals surface area contributed by atoms with Crippen molar-refractivity contribution in [2.24, 2.45) is 0 Å². The molecule has 0 aliphatic rings. The average molecular weight is 303 g/mol. The zero-order valence-electron chi connectivity index (χ0n) is 9.71. The van der Waals surface area contributed by atoms with E-state index in [4.69, 9.17) is 0 Å². The molecule has 2 N–H and O–H groups in total. The number of rotatable bonds is 4. The molecule has 0 bridgehead atoms. The second kappa shape index (κ2) is 9.49. The first-order chi connectivity index (χ1) is 7.45. The second-order valence-corrected chi connectivity index (χ2v) is 3.51. The van der Waals surface area contributed by atoms with Gasteiger partial charge in [-0.3, -0.25) is 0 Å². The molecule has 2 aromatic rings. The van der Waals surface area contributed by atoms with Crippen molar-refractivity contribution in [1.82, 2.24) is 0 Å². The molecular weight excluding hydrogens is 287 g/mol. The summed E-state index contributed by atoms with van der Waals surface area (Å²) >= 11 is 0. The summed E-state index contributed by atoms with van der Waals surface area (Å²) in [7, 11) is 0. The third-order valence-corrected chi connectivity index (χ3v) is 2.27. The zero-order chi connectivity index (χ0) is 10.3. The third kappa shape index (κ3) is 6.08. The quantitative estimate of drug-likeness (QED) is 0.834. The van der Waals surface area contributed by atoms with Crippen molar-refractivity contribution in [2.75, 3.05) is 0 Å². The van der Waals surface area contributed by atoms with Crippen LogP contribution in [0.3, 0.4) is 0 Å². The molecule has 0 fully saturated rings. The van der Waals surface area contributed by atoms with Gasteiger partial charge in [0.2, 0.25) is 0 Å². The van der Waals surface area contributed by atoms with Crippen molar-refractivity contribution in [1.29, 1.82) is 0 Å². The van der Waals surface area contributed by atoms with E-state index in [2.05, 4.69) is 29.6 Å². The molecule has 2 rings (SSSR count). The fourth-order valence-electron chi connectivity index (χ4n) is 1.48. The minimum Gasteiger partial charge on any atom is -0.655 e. The Morgan fingerprint density at radius 3 is 1.35 bits per heavy atom. The van der Waals surface area contributed by atoms with E-state index >= 15 is 0 Å². The fourth-order valence-corrected chi connectivity index (χ4v) is 1.48. The standard InChI is InChI=1S/C14H14N.H2O.Y/c1-3-7-13(8-4-1)11-15-12-14-9-5-2-6-10-14;;/h1-10H,11-12H2;1H2;/q-1;;. The van der Waals surface area contributed by atoms with Crippen LogP contribution in [-0.2, 0) is 45.8 Å². The van der Waals surface area contributed by atoms with E-state index < -0.39 is 0 Å². The molecule has 2 nitrogen and oxygen atoms in total. The third-order valence-electron chi connectivity index (χ3n) is 2.27. The molecule has 0 aliphatic heterocycles. The van der Waals surface area contributed by atoms with Gasteiger partial charge >= 0.3 is 0 Å². The van der Waals surface area contributed by atoms with Gasteiger partial charge in [0.1, 0.15) is 0 Å². The molecule has 2 aromatic carbocycles. The summed E-state index contributed by atoms with van der Waals surface area (Å²) in [5.41, 5.74) is 2.54. The molecule has 0 saturated carbocycles. The van der Waals surface area contributed by atoms with Gasteiger partial charge in [0.25, 0.3) is 0 Å². The van der Waals surface area contributed by atoms with E-state index in [1.54, 1.807) is 0 Å². The Balaban J connectivity index is 0.00000128. The van der Waals surface area contributed by atoms with Crippen LogP contribution in [0.15, 0.2) is 60.7 Å². The maximum absolute atomic E-state index is 4.51. The van der Waals surface area contributed by atoms with E-state index in [1.165, 1.54) is 11.1 Å². The van der Waals surface area contributed by atoms with Crippen LogP contribution in [0.5, 0.6) is 0 Å². The molecule has 0 unspecified atom stereocenters. The predicted molar refractivity (Wildman–Crippen MR) is 67.3 cm³/mol. The maximum Gasteiger partial charge on any atom is 0 e. The first-order valence-corrected chi connectivity index (χ1v) is 5.16. The Kier molecular flexibility index (Phi) is 9.19. The van der Waals surface area contributed by atoms with Crippen LogP contribution in [0.1, 0.15) is 11.1 Å². The minimum absolute atomic E-state index is 0. The van der Waals surface area contributed by atoms with Gasteiger partial charge in [-0.2, -0.15) is 0 Å². The topological polar surface area (TPSA) is 45.6 Å². The van der Waals surface area contributed by atoms with Crippen molar-refractivity contribution in [2.45, 2.75) is 13.1 Å². The first-order valence-electron chi connectivity index (χ1n) is 5.16. The van der Waals surface area contributed by atoms with Gasteiger partial charge in [-0.05, 0) is 0 Å². The van der Waals surface area contributed by atoms with Crippen molar-refractivity contribution in [3.8, 4) is 0 Å². The SMILES string of the molecule is O.[Y].c1ccc(C[N-]Cc2ccccc2)cc1. The minimum atomic E-state index is 0. The molecule has 0 aromatic heterocycles. The van der Waals surface area contributed by atoms with Crippen LogP contribution in [0.4, 0.5) is 0 Å². The average Bonchev–Trinajstić information content (AvgIpc) is 2.32. The maximum atomic E-state index is 4.51. The van der Waals surface area contributed by atoms with Crippen LogP contribution in [0.25, 0.3) is 5.32 Å². The summed E-state index contributed by atoms with van der Waals surface area (Å²) in [5, 5.41) is 4.51. The van der Waals surface area contributed by atoms with Crippen LogP contribution in [0.2, 0.25) is 0 Å². The molecule has 1 radical (unpaired) electrons. The Morgan fingerprint density at radius 1 is 0.647 bits per heavy atom. The molecule has 17 heavy (non-hydrogen) atoms. The van der Waals surface area contributed by atoms with Crippen molar-refractivity contribution < 1.29 is 38.2 Å². The molecule has 0 amide bonds. The van der Waals surface area contributed by atoms with Crippen LogP contribution >= 0.6 is 0 Å². The van der Waals surface area contributed by atoms with Gasteiger partial charge in [0.15, 0.2) is 0 Å². The molecule has 0 spiro atoms. The molecule has 0 aliphatic carbocycles. The van der Waals surface area contributed by atoms with E-state index in [-0.39, 0.29) is 38.2 Å². The van der Waals surface area contributed by atoms with Crippen molar-refractivity contribution in [3.05, 3.63) is 77.1 Å². The second-order valence-electron chi connectivity index (χ2n) is 3.51. The van der Waals surface area contributed by atoms with Crippen LogP contribution in [0, 0.1) is 0 Å². The number of nitrogens with zero attached hydrogens (tertiary/aromatic N) is 1. The zero-order valence-corrected chi connectivity index (χ0v) is 12.6. The smallest absolute Gasteiger partial charge is 0 e. The van der Waals surface area contributed by atoms with E-state index in [0.717, 1.165) is 13.1 Å². The Hall–Kier alpha value is -0.536. The first kappa shape index (κ1) is 16.5. The monoisotopic (exact) mass is 303 g/mol. The molecular formula is C14H16NOY-.